The number of pyridine rings is 1. The number of aromatic nitrogens is 1. The summed E-state index contributed by atoms with van der Waals surface area (Å²) in [7, 11) is 0. The van der Waals surface area contributed by atoms with E-state index >= 15 is 0 Å². The van der Waals surface area contributed by atoms with Crippen molar-refractivity contribution in [2.45, 2.75) is 6.92 Å². The predicted molar refractivity (Wildman–Crippen MR) is 66.9 cm³/mol. The van der Waals surface area contributed by atoms with Crippen molar-refractivity contribution in [2.24, 2.45) is 0 Å². The van der Waals surface area contributed by atoms with Crippen molar-refractivity contribution in [1.29, 1.82) is 5.26 Å². The van der Waals surface area contributed by atoms with Gasteiger partial charge in [-0.05, 0) is 25.1 Å². The minimum absolute atomic E-state index is 0.0818. The normalized spacial score (nSPS) is 9.68. The maximum atomic E-state index is 11.0. The molecule has 19 heavy (non-hydrogen) atoms. The molecule has 0 N–H and O–H groups in total. The first kappa shape index (κ1) is 12.5. The molecule has 0 saturated carbocycles. The van der Waals surface area contributed by atoms with Gasteiger partial charge in [-0.1, -0.05) is 12.1 Å². The van der Waals surface area contributed by atoms with Crippen molar-refractivity contribution in [3.63, 3.8) is 0 Å². The van der Waals surface area contributed by atoms with Crippen molar-refractivity contribution >= 4 is 5.69 Å². The Kier molecular flexibility index (Phi) is 3.39. The molecule has 0 unspecified atom stereocenters. The molecule has 1 aromatic heterocycles. The number of nitro groups is 1. The summed E-state index contributed by atoms with van der Waals surface area (Å²) in [6.45, 7) is 1.62. The summed E-state index contributed by atoms with van der Waals surface area (Å²) in [6.07, 6.45) is 1.45. The molecule has 0 bridgehead atoms. The van der Waals surface area contributed by atoms with Crippen LogP contribution in [0.4, 0.5) is 5.69 Å². The number of nitro benzene ring substituents is 1. The van der Waals surface area contributed by atoms with Gasteiger partial charge in [0.25, 0.3) is 0 Å². The SMILES string of the molecule is Cc1cccc(Oc2cccnc2C#N)c1[N+](=O)[O-]. The van der Waals surface area contributed by atoms with Gasteiger partial charge in [0.2, 0.25) is 5.75 Å². The molecule has 0 spiro atoms. The Morgan fingerprint density at radius 3 is 2.74 bits per heavy atom. The summed E-state index contributed by atoms with van der Waals surface area (Å²) in [5, 5.41) is 19.9. The first-order chi connectivity index (χ1) is 9.13. The van der Waals surface area contributed by atoms with Crippen LogP contribution in [0, 0.1) is 28.4 Å². The second-order valence-corrected chi connectivity index (χ2v) is 3.74. The van der Waals surface area contributed by atoms with Crippen LogP contribution in [0.2, 0.25) is 0 Å². The van der Waals surface area contributed by atoms with Gasteiger partial charge in [0.05, 0.1) is 4.92 Å². The molecular formula is C13H9N3O3. The van der Waals surface area contributed by atoms with Gasteiger partial charge in [-0.25, -0.2) is 4.98 Å². The summed E-state index contributed by atoms with van der Waals surface area (Å²) >= 11 is 0. The van der Waals surface area contributed by atoms with Gasteiger partial charge >= 0.3 is 5.69 Å². The highest BCUT2D eigenvalue weighted by Gasteiger charge is 2.19. The van der Waals surface area contributed by atoms with Crippen molar-refractivity contribution in [3.8, 4) is 17.6 Å². The lowest BCUT2D eigenvalue weighted by atomic mass is 10.2. The van der Waals surface area contributed by atoms with E-state index in [0.29, 0.717) is 5.56 Å². The third-order valence-corrected chi connectivity index (χ3v) is 2.48. The highest BCUT2D eigenvalue weighted by molar-refractivity contribution is 5.54. The number of nitrogens with zero attached hydrogens (tertiary/aromatic N) is 3. The van der Waals surface area contributed by atoms with Crippen LogP contribution in [0.3, 0.4) is 0 Å². The lowest BCUT2D eigenvalue weighted by Crippen LogP contribution is -1.97. The third kappa shape index (κ3) is 2.50. The fourth-order valence-corrected chi connectivity index (χ4v) is 1.62. The molecule has 0 amide bonds. The second-order valence-electron chi connectivity index (χ2n) is 3.74. The van der Waals surface area contributed by atoms with Crippen LogP contribution >= 0.6 is 0 Å². The lowest BCUT2D eigenvalue weighted by molar-refractivity contribution is -0.386. The Hall–Kier alpha value is -2.94. The number of para-hydroxylation sites is 1. The van der Waals surface area contributed by atoms with Gasteiger partial charge in [-0.3, -0.25) is 10.1 Å². The van der Waals surface area contributed by atoms with Crippen molar-refractivity contribution in [3.05, 3.63) is 57.9 Å². The largest absolute Gasteiger partial charge is 0.447 e. The van der Waals surface area contributed by atoms with E-state index in [4.69, 9.17) is 10.00 Å². The van der Waals surface area contributed by atoms with Gasteiger partial charge < -0.3 is 4.74 Å². The monoisotopic (exact) mass is 255 g/mol. The standard InChI is InChI=1S/C13H9N3O3/c1-9-4-2-5-12(13(9)16(17)18)19-11-6-3-7-15-10(11)8-14/h2-7H,1H3. The maximum Gasteiger partial charge on any atom is 0.314 e. The average Bonchev–Trinajstić information content (AvgIpc) is 2.39. The van der Waals surface area contributed by atoms with Crippen LogP contribution in [0.15, 0.2) is 36.5 Å². The van der Waals surface area contributed by atoms with Crippen LogP contribution in [-0.2, 0) is 0 Å². The molecule has 0 radical (unpaired) electrons. The Balaban J connectivity index is 2.48. The van der Waals surface area contributed by atoms with E-state index in [9.17, 15) is 10.1 Å². The highest BCUT2D eigenvalue weighted by atomic mass is 16.6. The predicted octanol–water partition coefficient (Wildman–Crippen LogP) is 2.96. The molecule has 2 rings (SSSR count). The third-order valence-electron chi connectivity index (χ3n) is 2.48. The van der Waals surface area contributed by atoms with Crippen LogP contribution in [0.25, 0.3) is 0 Å². The minimum Gasteiger partial charge on any atom is -0.447 e. The van der Waals surface area contributed by atoms with Crippen molar-refractivity contribution < 1.29 is 9.66 Å². The fraction of sp³-hybridized carbons (Fsp3) is 0.0769. The summed E-state index contributed by atoms with van der Waals surface area (Å²) < 4.78 is 5.45. The molecule has 6 nitrogen and oxygen atoms in total. The quantitative estimate of drug-likeness (QED) is 0.621. The Labute approximate surface area is 109 Å². The number of nitriles is 1. The van der Waals surface area contributed by atoms with Crippen LogP contribution < -0.4 is 4.74 Å². The van der Waals surface area contributed by atoms with E-state index in [1.807, 2.05) is 6.07 Å². The molecule has 2 aromatic rings. The lowest BCUT2D eigenvalue weighted by Gasteiger charge is -2.08. The molecule has 0 fully saturated rings. The van der Waals surface area contributed by atoms with Crippen molar-refractivity contribution in [1.82, 2.24) is 4.98 Å². The summed E-state index contributed by atoms with van der Waals surface area (Å²) in [6, 6.07) is 9.77. The zero-order valence-electron chi connectivity index (χ0n) is 10.0. The number of rotatable bonds is 3. The number of hydrogen-bond donors (Lipinski definition) is 0. The molecule has 6 heteroatoms. The molecule has 0 atom stereocenters. The second kappa shape index (κ2) is 5.14. The fourth-order valence-electron chi connectivity index (χ4n) is 1.62. The molecule has 0 aliphatic carbocycles. The van der Waals surface area contributed by atoms with E-state index in [1.54, 1.807) is 25.1 Å². The van der Waals surface area contributed by atoms with Crippen LogP contribution in [-0.4, -0.2) is 9.91 Å². The van der Waals surface area contributed by atoms with Crippen molar-refractivity contribution in [2.75, 3.05) is 0 Å². The van der Waals surface area contributed by atoms with E-state index in [-0.39, 0.29) is 22.9 Å². The Bertz CT molecular complexity index is 677. The zero-order chi connectivity index (χ0) is 13.8. The maximum absolute atomic E-state index is 11.0. The highest BCUT2D eigenvalue weighted by Crippen LogP contribution is 2.34. The molecule has 0 saturated heterocycles. The molecule has 94 valence electrons. The average molecular weight is 255 g/mol. The van der Waals surface area contributed by atoms with E-state index in [0.717, 1.165) is 0 Å². The molecule has 0 aliphatic rings. The van der Waals surface area contributed by atoms with E-state index < -0.39 is 4.92 Å². The van der Waals surface area contributed by atoms with Crippen LogP contribution in [0.1, 0.15) is 11.3 Å². The van der Waals surface area contributed by atoms with Gasteiger partial charge in [0.1, 0.15) is 6.07 Å². The number of ether oxygens (including phenoxy) is 1. The smallest absolute Gasteiger partial charge is 0.314 e. The number of aryl methyl sites for hydroxylation is 1. The van der Waals surface area contributed by atoms with E-state index in [2.05, 4.69) is 4.98 Å². The molecule has 1 aromatic carbocycles. The Morgan fingerprint density at radius 1 is 1.32 bits per heavy atom. The van der Waals surface area contributed by atoms with Gasteiger partial charge in [0, 0.05) is 11.8 Å². The molecular weight excluding hydrogens is 246 g/mol. The topological polar surface area (TPSA) is 89.0 Å². The zero-order valence-corrected chi connectivity index (χ0v) is 10.0. The summed E-state index contributed by atoms with van der Waals surface area (Å²) in [5.74, 6) is 0.285. The Morgan fingerprint density at radius 2 is 2.05 bits per heavy atom. The molecule has 1 heterocycles. The first-order valence-electron chi connectivity index (χ1n) is 5.40. The summed E-state index contributed by atoms with van der Waals surface area (Å²) in [5.41, 5.74) is 0.457. The van der Waals surface area contributed by atoms with Gasteiger partial charge in [-0.2, -0.15) is 5.26 Å². The van der Waals surface area contributed by atoms with E-state index in [1.165, 1.54) is 18.3 Å². The first-order valence-corrected chi connectivity index (χ1v) is 5.40. The number of hydrogen-bond acceptors (Lipinski definition) is 5. The summed E-state index contributed by atoms with van der Waals surface area (Å²) in [4.78, 5) is 14.4. The van der Waals surface area contributed by atoms with Gasteiger partial charge in [-0.15, -0.1) is 0 Å². The molecule has 0 aliphatic heterocycles. The van der Waals surface area contributed by atoms with Gasteiger partial charge in [0.15, 0.2) is 11.4 Å². The number of benzene rings is 1. The minimum atomic E-state index is -0.507. The van der Waals surface area contributed by atoms with Crippen LogP contribution in [0.5, 0.6) is 11.5 Å².